The maximum absolute atomic E-state index is 11.6. The summed E-state index contributed by atoms with van der Waals surface area (Å²) in [6, 6.07) is 13.8. The Kier molecular flexibility index (Phi) is 3.39. The van der Waals surface area contributed by atoms with Crippen LogP contribution in [0.5, 0.6) is 11.5 Å². The van der Waals surface area contributed by atoms with Gasteiger partial charge in [0.25, 0.3) is 0 Å². The molecule has 0 atom stereocenters. The zero-order valence-corrected chi connectivity index (χ0v) is 10.8. The third-order valence-electron chi connectivity index (χ3n) is 2.44. The molecule has 0 aromatic heterocycles. The predicted octanol–water partition coefficient (Wildman–Crippen LogP) is 3.06. The molecule has 0 amide bonds. The molecule has 0 saturated carbocycles. The fourth-order valence-corrected chi connectivity index (χ4v) is 2.36. The van der Waals surface area contributed by atoms with Gasteiger partial charge >= 0.3 is 0 Å². The average molecular weight is 261 g/mol. The summed E-state index contributed by atoms with van der Waals surface area (Å²) in [5.74, 6) is 0.865. The molecular weight excluding hydrogens is 248 g/mol. The Morgan fingerprint density at radius 3 is 2.11 bits per heavy atom. The summed E-state index contributed by atoms with van der Waals surface area (Å²) in [4.78, 5) is 0.174. The van der Waals surface area contributed by atoms with Crippen LogP contribution in [-0.2, 0) is 9.84 Å². The first-order valence-corrected chi connectivity index (χ1v) is 7.25. The van der Waals surface area contributed by atoms with Crippen LogP contribution in [0.3, 0.4) is 0 Å². The van der Waals surface area contributed by atoms with Gasteiger partial charge in [0.05, 0.1) is 0 Å². The SMILES string of the molecule is [CH2]c1ccccc1Oc1ccccc1S(C)(=O)=O. The number of benzene rings is 2. The fourth-order valence-electron chi connectivity index (χ4n) is 1.56. The summed E-state index contributed by atoms with van der Waals surface area (Å²) in [5.41, 5.74) is 0.709. The minimum absolute atomic E-state index is 0.174. The molecule has 18 heavy (non-hydrogen) atoms. The van der Waals surface area contributed by atoms with E-state index in [4.69, 9.17) is 4.74 Å². The quantitative estimate of drug-likeness (QED) is 0.852. The van der Waals surface area contributed by atoms with Gasteiger partial charge in [0, 0.05) is 6.26 Å². The predicted molar refractivity (Wildman–Crippen MR) is 70.5 cm³/mol. The maximum Gasteiger partial charge on any atom is 0.179 e. The molecule has 0 aliphatic rings. The monoisotopic (exact) mass is 261 g/mol. The van der Waals surface area contributed by atoms with Crippen molar-refractivity contribution in [1.29, 1.82) is 0 Å². The van der Waals surface area contributed by atoms with Gasteiger partial charge in [-0.1, -0.05) is 30.3 Å². The van der Waals surface area contributed by atoms with Crippen molar-refractivity contribution >= 4 is 9.84 Å². The van der Waals surface area contributed by atoms with Crippen molar-refractivity contribution in [3.05, 3.63) is 61.0 Å². The van der Waals surface area contributed by atoms with Gasteiger partial charge in [-0.05, 0) is 30.7 Å². The van der Waals surface area contributed by atoms with Crippen LogP contribution in [0.1, 0.15) is 5.56 Å². The molecule has 2 aromatic carbocycles. The Labute approximate surface area is 107 Å². The highest BCUT2D eigenvalue weighted by Crippen LogP contribution is 2.30. The second-order valence-corrected chi connectivity index (χ2v) is 5.91. The summed E-state index contributed by atoms with van der Waals surface area (Å²) in [6.07, 6.45) is 1.16. The van der Waals surface area contributed by atoms with Crippen molar-refractivity contribution in [3.8, 4) is 11.5 Å². The lowest BCUT2D eigenvalue weighted by Gasteiger charge is -2.11. The Balaban J connectivity index is 2.45. The molecule has 2 rings (SSSR count). The molecule has 0 spiro atoms. The van der Waals surface area contributed by atoms with Gasteiger partial charge < -0.3 is 4.74 Å². The molecule has 0 aliphatic carbocycles. The van der Waals surface area contributed by atoms with E-state index in [1.165, 1.54) is 6.07 Å². The number of para-hydroxylation sites is 2. The molecule has 2 aromatic rings. The van der Waals surface area contributed by atoms with Gasteiger partial charge in [-0.3, -0.25) is 0 Å². The second-order valence-electron chi connectivity index (χ2n) is 3.93. The zero-order valence-electron chi connectivity index (χ0n) is 9.96. The largest absolute Gasteiger partial charge is 0.456 e. The lowest BCUT2D eigenvalue weighted by Crippen LogP contribution is -2.00. The van der Waals surface area contributed by atoms with Crippen molar-refractivity contribution in [2.24, 2.45) is 0 Å². The number of ether oxygens (including phenoxy) is 1. The van der Waals surface area contributed by atoms with E-state index in [1.54, 1.807) is 30.3 Å². The molecule has 1 radical (unpaired) electrons. The van der Waals surface area contributed by atoms with Crippen LogP contribution in [-0.4, -0.2) is 14.7 Å². The molecule has 0 unspecified atom stereocenters. The first kappa shape index (κ1) is 12.6. The Bertz CT molecular complexity index is 660. The lowest BCUT2D eigenvalue weighted by molar-refractivity contribution is 0.466. The van der Waals surface area contributed by atoms with Crippen LogP contribution >= 0.6 is 0 Å². The van der Waals surface area contributed by atoms with Crippen molar-refractivity contribution in [1.82, 2.24) is 0 Å². The van der Waals surface area contributed by atoms with E-state index in [1.807, 2.05) is 12.1 Å². The van der Waals surface area contributed by atoms with E-state index in [9.17, 15) is 8.42 Å². The highest BCUT2D eigenvalue weighted by atomic mass is 32.2. The minimum Gasteiger partial charge on any atom is -0.456 e. The van der Waals surface area contributed by atoms with Gasteiger partial charge in [-0.15, -0.1) is 0 Å². The standard InChI is InChI=1S/C14H13O3S/c1-11-7-3-4-8-12(11)17-13-9-5-6-10-14(13)18(2,15)16/h3-10H,1H2,2H3. The summed E-state index contributed by atoms with van der Waals surface area (Å²) >= 11 is 0. The summed E-state index contributed by atoms with van der Waals surface area (Å²) in [7, 11) is -3.31. The van der Waals surface area contributed by atoms with Crippen molar-refractivity contribution in [3.63, 3.8) is 0 Å². The lowest BCUT2D eigenvalue weighted by atomic mass is 10.2. The zero-order chi connectivity index (χ0) is 13.2. The summed E-state index contributed by atoms with van der Waals surface area (Å²) in [5, 5.41) is 0. The third kappa shape index (κ3) is 2.71. The van der Waals surface area contributed by atoms with E-state index < -0.39 is 9.84 Å². The van der Waals surface area contributed by atoms with Crippen LogP contribution in [0.25, 0.3) is 0 Å². The third-order valence-corrected chi connectivity index (χ3v) is 3.58. The normalized spacial score (nSPS) is 11.2. The molecule has 0 bridgehead atoms. The van der Waals surface area contributed by atoms with Crippen LogP contribution < -0.4 is 4.74 Å². The molecular formula is C14H13O3S. The van der Waals surface area contributed by atoms with E-state index >= 15 is 0 Å². The van der Waals surface area contributed by atoms with E-state index in [2.05, 4.69) is 6.92 Å². The van der Waals surface area contributed by atoms with E-state index in [-0.39, 0.29) is 4.90 Å². The number of hydrogen-bond acceptors (Lipinski definition) is 3. The minimum atomic E-state index is -3.31. The molecule has 0 saturated heterocycles. The Morgan fingerprint density at radius 1 is 0.944 bits per heavy atom. The van der Waals surface area contributed by atoms with Gasteiger partial charge in [-0.2, -0.15) is 0 Å². The van der Waals surface area contributed by atoms with Crippen LogP contribution in [0.4, 0.5) is 0 Å². The molecule has 0 N–H and O–H groups in total. The fraction of sp³-hybridized carbons (Fsp3) is 0.0714. The van der Waals surface area contributed by atoms with E-state index in [0.29, 0.717) is 17.1 Å². The number of hydrogen-bond donors (Lipinski definition) is 0. The van der Waals surface area contributed by atoms with Crippen molar-refractivity contribution < 1.29 is 13.2 Å². The molecule has 0 fully saturated rings. The summed E-state index contributed by atoms with van der Waals surface area (Å²) < 4.78 is 28.9. The van der Waals surface area contributed by atoms with Crippen LogP contribution in [0.15, 0.2) is 53.4 Å². The second kappa shape index (κ2) is 4.82. The average Bonchev–Trinajstić information content (AvgIpc) is 2.31. The Hall–Kier alpha value is -1.81. The van der Waals surface area contributed by atoms with Gasteiger partial charge in [0.2, 0.25) is 0 Å². The molecule has 0 heterocycles. The highest BCUT2D eigenvalue weighted by Gasteiger charge is 2.14. The van der Waals surface area contributed by atoms with Crippen molar-refractivity contribution in [2.45, 2.75) is 4.90 Å². The van der Waals surface area contributed by atoms with Gasteiger partial charge in [0.1, 0.15) is 16.4 Å². The molecule has 4 heteroatoms. The first-order chi connectivity index (χ1) is 8.48. The number of rotatable bonds is 3. The molecule has 0 aliphatic heterocycles. The number of sulfone groups is 1. The van der Waals surface area contributed by atoms with Crippen LogP contribution in [0.2, 0.25) is 0 Å². The van der Waals surface area contributed by atoms with Gasteiger partial charge in [-0.25, -0.2) is 8.42 Å². The van der Waals surface area contributed by atoms with Crippen LogP contribution in [0, 0.1) is 6.92 Å². The first-order valence-electron chi connectivity index (χ1n) is 5.36. The molecule has 93 valence electrons. The highest BCUT2D eigenvalue weighted by molar-refractivity contribution is 7.90. The maximum atomic E-state index is 11.6. The topological polar surface area (TPSA) is 43.4 Å². The Morgan fingerprint density at radius 2 is 1.50 bits per heavy atom. The summed E-state index contributed by atoms with van der Waals surface area (Å²) in [6.45, 7) is 3.83. The van der Waals surface area contributed by atoms with Crippen molar-refractivity contribution in [2.75, 3.05) is 6.26 Å². The van der Waals surface area contributed by atoms with E-state index in [0.717, 1.165) is 6.26 Å². The van der Waals surface area contributed by atoms with Gasteiger partial charge in [0.15, 0.2) is 9.84 Å². The smallest absolute Gasteiger partial charge is 0.179 e. The molecule has 3 nitrogen and oxygen atoms in total.